The molecule has 39 heavy (non-hydrogen) atoms. The second-order valence-electron chi connectivity index (χ2n) is 11.6. The Morgan fingerprint density at radius 1 is 1.15 bits per heavy atom. The van der Waals surface area contributed by atoms with Crippen molar-refractivity contribution in [2.75, 3.05) is 25.0 Å². The molecule has 6 rings (SSSR count). The quantitative estimate of drug-likeness (QED) is 0.292. The van der Waals surface area contributed by atoms with Crippen molar-refractivity contribution in [2.45, 2.75) is 38.2 Å². The number of anilines is 2. The number of fused-ring (bicyclic) bond motifs is 1. The number of allylic oxidation sites excluding steroid dienone is 2. The number of carbonyl (C=O) groups is 1. The molecule has 2 saturated carbocycles. The molecule has 2 aromatic rings. The van der Waals surface area contributed by atoms with E-state index in [0.29, 0.717) is 27.9 Å². The maximum absolute atomic E-state index is 14.8. The fourth-order valence-corrected chi connectivity index (χ4v) is 7.25. The summed E-state index contributed by atoms with van der Waals surface area (Å²) in [5.74, 6) is -1.74. The summed E-state index contributed by atoms with van der Waals surface area (Å²) in [7, 11) is 0. The van der Waals surface area contributed by atoms with E-state index in [2.05, 4.69) is 17.6 Å². The Kier molecular flexibility index (Phi) is 6.68. The molecular formula is C29H31F3IN4O2+. The van der Waals surface area contributed by atoms with Crippen LogP contribution in [0.2, 0.25) is 0 Å². The summed E-state index contributed by atoms with van der Waals surface area (Å²) in [5.41, 5.74) is 1.94. The van der Waals surface area contributed by atoms with Crippen LogP contribution in [0.25, 0.3) is 0 Å². The van der Waals surface area contributed by atoms with Crippen LogP contribution in [0.4, 0.5) is 24.5 Å². The first-order valence-electron chi connectivity index (χ1n) is 13.3. The van der Waals surface area contributed by atoms with Crippen LogP contribution in [0.3, 0.4) is 0 Å². The molecule has 2 bridgehead atoms. The monoisotopic (exact) mass is 651 g/mol. The van der Waals surface area contributed by atoms with E-state index >= 15 is 0 Å². The Labute approximate surface area is 238 Å². The molecule has 3 aliphatic carbocycles. The van der Waals surface area contributed by atoms with Crippen LogP contribution in [-0.2, 0) is 0 Å². The van der Waals surface area contributed by atoms with Gasteiger partial charge in [-0.15, -0.1) is 0 Å². The van der Waals surface area contributed by atoms with Gasteiger partial charge in [-0.25, -0.2) is 13.2 Å². The first-order chi connectivity index (χ1) is 18.5. The first-order valence-corrected chi connectivity index (χ1v) is 14.4. The molecule has 2 unspecified atom stereocenters. The van der Waals surface area contributed by atoms with Crippen LogP contribution in [0.5, 0.6) is 0 Å². The number of amides is 1. The van der Waals surface area contributed by atoms with Gasteiger partial charge in [-0.05, 0) is 102 Å². The zero-order valence-corrected chi connectivity index (χ0v) is 23.7. The van der Waals surface area contributed by atoms with Crippen molar-refractivity contribution in [3.63, 3.8) is 0 Å². The third kappa shape index (κ3) is 4.73. The molecule has 1 amide bonds. The zero-order valence-electron chi connectivity index (χ0n) is 21.5. The summed E-state index contributed by atoms with van der Waals surface area (Å²) in [4.78, 5) is 14.8. The molecular weight excluding hydrogens is 620 g/mol. The molecule has 5 N–H and O–H groups in total. The summed E-state index contributed by atoms with van der Waals surface area (Å²) < 4.78 is 44.0. The van der Waals surface area contributed by atoms with Gasteiger partial charge in [-0.3, -0.25) is 4.79 Å². The topological polar surface area (TPSA) is 91.1 Å². The third-order valence-electron chi connectivity index (χ3n) is 8.89. The molecule has 1 aliphatic heterocycles. The zero-order chi connectivity index (χ0) is 27.6. The Hall–Kier alpha value is -2.60. The van der Waals surface area contributed by atoms with Gasteiger partial charge in [0.25, 0.3) is 5.91 Å². The Bertz CT molecular complexity index is 1410. The van der Waals surface area contributed by atoms with E-state index in [1.54, 1.807) is 6.07 Å². The number of halogens is 4. The summed E-state index contributed by atoms with van der Waals surface area (Å²) >= 11 is 1.94. The van der Waals surface area contributed by atoms with E-state index in [1.165, 1.54) is 34.4 Å². The van der Waals surface area contributed by atoms with E-state index in [-0.39, 0.29) is 30.3 Å². The van der Waals surface area contributed by atoms with Gasteiger partial charge in [0.1, 0.15) is 5.82 Å². The van der Waals surface area contributed by atoms with Crippen molar-refractivity contribution < 1.29 is 23.1 Å². The summed E-state index contributed by atoms with van der Waals surface area (Å²) in [5, 5.41) is 23.5. The van der Waals surface area contributed by atoms with E-state index < -0.39 is 34.6 Å². The van der Waals surface area contributed by atoms with E-state index in [4.69, 9.17) is 10.5 Å². The normalized spacial score (nSPS) is 28.8. The Balaban J connectivity index is 1.15. The van der Waals surface area contributed by atoms with E-state index in [1.807, 2.05) is 22.6 Å². The molecule has 10 heteroatoms. The van der Waals surface area contributed by atoms with Crippen molar-refractivity contribution in [1.82, 2.24) is 10.2 Å². The molecule has 0 spiro atoms. The fraction of sp³-hybridized carbons (Fsp3) is 0.448. The molecule has 2 aromatic carbocycles. The van der Waals surface area contributed by atoms with Crippen molar-refractivity contribution in [3.8, 4) is 0 Å². The third-order valence-corrected chi connectivity index (χ3v) is 9.56. The number of hydrogen-bond acceptors (Lipinski definition) is 4. The van der Waals surface area contributed by atoms with E-state index in [0.717, 1.165) is 37.5 Å². The van der Waals surface area contributed by atoms with Crippen molar-refractivity contribution in [3.05, 3.63) is 68.2 Å². The van der Waals surface area contributed by atoms with Crippen LogP contribution in [0.15, 0.2) is 41.6 Å². The molecule has 1 heterocycles. The molecule has 4 atom stereocenters. The van der Waals surface area contributed by atoms with Gasteiger partial charge in [-0.1, -0.05) is 6.92 Å². The fourth-order valence-electron chi connectivity index (χ4n) is 6.80. The highest BCUT2D eigenvalue weighted by Gasteiger charge is 2.51. The number of likely N-dealkylation sites (tertiary alicyclic amines) is 1. The van der Waals surface area contributed by atoms with Crippen LogP contribution in [0.1, 0.15) is 43.0 Å². The maximum atomic E-state index is 14.8. The molecule has 0 aromatic heterocycles. The number of nitrogens with zero attached hydrogens (tertiary/aromatic N) is 1. The van der Waals surface area contributed by atoms with Gasteiger partial charge in [0.15, 0.2) is 11.6 Å². The minimum absolute atomic E-state index is 0.0700. The number of rotatable bonds is 6. The highest BCUT2D eigenvalue weighted by atomic mass is 127. The van der Waals surface area contributed by atoms with Gasteiger partial charge in [0.05, 0.1) is 36.6 Å². The second-order valence-corrected chi connectivity index (χ2v) is 12.9. The standard InChI is InChI=1S/C29H30F3IN4O2/c1-14-6-23(34)16-7-15-8-20(19(15)9-16)26(14)35-11-29(39)12-37(13-29)28(38)18-3-4-21(30)25(32)27(18)36-24-5-2-17(33)10-22(24)31/h2-5,10,14-16,19,34-36,39H,6-9,11-13H2,1H3/p+1/b26-20+,34-23?/t14-,15+,16?,19?/m0/s1. The molecule has 0 radical (unpaired) electrons. The average Bonchev–Trinajstić information content (AvgIpc) is 3.22. The maximum Gasteiger partial charge on any atom is 0.256 e. The predicted molar refractivity (Wildman–Crippen MR) is 152 cm³/mol. The van der Waals surface area contributed by atoms with Crippen LogP contribution < -0.4 is 10.6 Å². The second kappa shape index (κ2) is 9.79. The minimum atomic E-state index is -1.26. The molecule has 206 valence electrons. The molecule has 4 aliphatic rings. The molecule has 1 saturated heterocycles. The first kappa shape index (κ1) is 26.6. The number of hydrogen-bond donors (Lipinski definition) is 3. The highest BCUT2D eigenvalue weighted by Crippen LogP contribution is 2.56. The lowest BCUT2D eigenvalue weighted by Gasteiger charge is -2.44. The van der Waals surface area contributed by atoms with Gasteiger partial charge in [0.2, 0.25) is 5.60 Å². The van der Waals surface area contributed by atoms with Gasteiger partial charge in [0, 0.05) is 20.9 Å². The number of nitrogens with one attached hydrogen (secondary N) is 3. The number of carbonyl (C=O) groups excluding carboxylic acids is 1. The summed E-state index contributed by atoms with van der Waals surface area (Å²) in [6, 6.07) is 6.35. The lowest BCUT2D eigenvalue weighted by atomic mass is 9.68. The summed E-state index contributed by atoms with van der Waals surface area (Å²) in [6.07, 6.45) is 4.01. The number of benzene rings is 2. The Morgan fingerprint density at radius 2 is 1.92 bits per heavy atom. The lowest BCUT2D eigenvalue weighted by Crippen LogP contribution is -2.67. The van der Waals surface area contributed by atoms with Gasteiger partial charge in [-0.2, -0.15) is 0 Å². The largest absolute Gasteiger partial charge is 0.437 e. The predicted octanol–water partition coefficient (Wildman–Crippen LogP) is 5.32. The van der Waals surface area contributed by atoms with Crippen LogP contribution in [0, 0.1) is 50.1 Å². The summed E-state index contributed by atoms with van der Waals surface area (Å²) in [6.45, 7) is 2.78. The Morgan fingerprint density at radius 3 is 2.67 bits per heavy atom. The lowest BCUT2D eigenvalue weighted by molar-refractivity contribution is -0.0776. The minimum Gasteiger partial charge on any atom is -0.437 e. The molecule has 6 nitrogen and oxygen atoms in total. The van der Waals surface area contributed by atoms with Crippen molar-refractivity contribution in [1.29, 1.82) is 5.41 Å². The van der Waals surface area contributed by atoms with Crippen LogP contribution in [-0.4, -0.2) is 46.9 Å². The van der Waals surface area contributed by atoms with E-state index in [9.17, 15) is 18.0 Å². The SMILES string of the molecule is C[C@H]1CC(=N)C2CC3/C(=C\1NCC1([OH2+])CN(C(=O)c4ccc(F)c(F)c4Nc4ccc(I)cc4F)C1)C[C@H]3C2. The highest BCUT2D eigenvalue weighted by molar-refractivity contribution is 14.1. The van der Waals surface area contributed by atoms with Gasteiger partial charge >= 0.3 is 0 Å². The smallest absolute Gasteiger partial charge is 0.256 e. The molecule has 3 fully saturated rings. The van der Waals surface area contributed by atoms with Crippen molar-refractivity contribution >= 4 is 45.6 Å². The van der Waals surface area contributed by atoms with Crippen molar-refractivity contribution in [2.24, 2.45) is 23.7 Å². The van der Waals surface area contributed by atoms with Gasteiger partial charge < -0.3 is 26.0 Å². The average molecular weight is 651 g/mol. The van der Waals surface area contributed by atoms with Crippen LogP contribution >= 0.6 is 22.6 Å².